The number of nitrogens with zero attached hydrogens (tertiary/aromatic N) is 2. The molecule has 2 fully saturated rings. The first-order chi connectivity index (χ1) is 11.6. The Balaban J connectivity index is 0.00000225. The van der Waals surface area contributed by atoms with Crippen LogP contribution in [-0.4, -0.2) is 60.9 Å². The summed E-state index contributed by atoms with van der Waals surface area (Å²) in [5, 5.41) is 4.00. The standard InChI is InChI=1S/C17H21Cl2N3O2.ClH/c18-13-2-1-3-14(19)15(13)17(24)22-10-8-21(9-11-22)16(23)12-4-6-20-7-5-12;/h1-3,12,20H,4-11H2;1H. The zero-order valence-electron chi connectivity index (χ0n) is 13.8. The lowest BCUT2D eigenvalue weighted by Gasteiger charge is -2.37. The quantitative estimate of drug-likeness (QED) is 0.821. The predicted octanol–water partition coefficient (Wildman–Crippen LogP) is 2.70. The van der Waals surface area contributed by atoms with Crippen molar-refractivity contribution in [2.45, 2.75) is 12.8 Å². The molecule has 0 aromatic heterocycles. The van der Waals surface area contributed by atoms with Crippen LogP contribution in [0.15, 0.2) is 18.2 Å². The van der Waals surface area contributed by atoms with E-state index >= 15 is 0 Å². The minimum atomic E-state index is -0.167. The summed E-state index contributed by atoms with van der Waals surface area (Å²) in [5.74, 6) is 0.172. The molecule has 2 heterocycles. The summed E-state index contributed by atoms with van der Waals surface area (Å²) >= 11 is 12.2. The molecule has 0 saturated carbocycles. The second-order valence-corrected chi connectivity index (χ2v) is 7.05. The predicted molar refractivity (Wildman–Crippen MR) is 102 cm³/mol. The maximum absolute atomic E-state index is 12.7. The van der Waals surface area contributed by atoms with Crippen LogP contribution in [0.25, 0.3) is 0 Å². The van der Waals surface area contributed by atoms with Crippen molar-refractivity contribution < 1.29 is 9.59 Å². The molecule has 2 aliphatic heterocycles. The first kappa shape index (κ1) is 20.3. The summed E-state index contributed by atoms with van der Waals surface area (Å²) in [5.41, 5.74) is 0.346. The van der Waals surface area contributed by atoms with Gasteiger partial charge in [-0.25, -0.2) is 0 Å². The Morgan fingerprint density at radius 1 is 0.960 bits per heavy atom. The van der Waals surface area contributed by atoms with Crippen LogP contribution in [0.4, 0.5) is 0 Å². The molecule has 0 radical (unpaired) electrons. The molecule has 8 heteroatoms. The van der Waals surface area contributed by atoms with Gasteiger partial charge in [0.1, 0.15) is 0 Å². The van der Waals surface area contributed by atoms with E-state index in [1.807, 2.05) is 4.90 Å². The fraction of sp³-hybridized carbons (Fsp3) is 0.529. The highest BCUT2D eigenvalue weighted by Gasteiger charge is 2.30. The molecular formula is C17H22Cl3N3O2. The van der Waals surface area contributed by atoms with Crippen molar-refractivity contribution in [1.29, 1.82) is 0 Å². The van der Waals surface area contributed by atoms with E-state index in [0.29, 0.717) is 41.8 Å². The van der Waals surface area contributed by atoms with Gasteiger partial charge in [0.15, 0.2) is 0 Å². The van der Waals surface area contributed by atoms with Crippen molar-refractivity contribution >= 4 is 47.4 Å². The van der Waals surface area contributed by atoms with Crippen LogP contribution in [0.1, 0.15) is 23.2 Å². The molecule has 0 aliphatic carbocycles. The second-order valence-electron chi connectivity index (χ2n) is 6.24. The van der Waals surface area contributed by atoms with Gasteiger partial charge in [-0.15, -0.1) is 12.4 Å². The molecular weight excluding hydrogens is 385 g/mol. The van der Waals surface area contributed by atoms with Gasteiger partial charge in [-0.05, 0) is 38.1 Å². The molecule has 0 atom stereocenters. The molecule has 5 nitrogen and oxygen atoms in total. The van der Waals surface area contributed by atoms with E-state index in [1.165, 1.54) is 0 Å². The molecule has 1 aromatic carbocycles. The molecule has 2 aliphatic rings. The fourth-order valence-electron chi connectivity index (χ4n) is 3.32. The number of amides is 2. The van der Waals surface area contributed by atoms with Crippen LogP contribution < -0.4 is 5.32 Å². The summed E-state index contributed by atoms with van der Waals surface area (Å²) in [6.07, 6.45) is 1.79. The van der Waals surface area contributed by atoms with E-state index in [0.717, 1.165) is 25.9 Å². The monoisotopic (exact) mass is 405 g/mol. The minimum Gasteiger partial charge on any atom is -0.339 e. The number of hydrogen-bond donors (Lipinski definition) is 1. The van der Waals surface area contributed by atoms with Gasteiger partial charge >= 0.3 is 0 Å². The molecule has 0 unspecified atom stereocenters. The first-order valence-electron chi connectivity index (χ1n) is 8.30. The van der Waals surface area contributed by atoms with Crippen LogP contribution in [0.2, 0.25) is 10.0 Å². The van der Waals surface area contributed by atoms with Gasteiger partial charge in [0.2, 0.25) is 5.91 Å². The largest absolute Gasteiger partial charge is 0.339 e. The Hall–Kier alpha value is -1.01. The molecule has 2 amide bonds. The SMILES string of the molecule is Cl.O=C(c1c(Cl)cccc1Cl)N1CCN(C(=O)C2CCNCC2)CC1. The topological polar surface area (TPSA) is 52.7 Å². The summed E-state index contributed by atoms with van der Waals surface area (Å²) < 4.78 is 0. The Bertz CT molecular complexity index is 607. The third-order valence-corrected chi connectivity index (χ3v) is 5.37. The third kappa shape index (κ3) is 4.59. The molecule has 25 heavy (non-hydrogen) atoms. The molecule has 1 N–H and O–H groups in total. The Labute approximate surface area is 164 Å². The lowest BCUT2D eigenvalue weighted by Crippen LogP contribution is -2.52. The molecule has 0 spiro atoms. The zero-order chi connectivity index (χ0) is 17.1. The van der Waals surface area contributed by atoms with Crippen LogP contribution in [-0.2, 0) is 4.79 Å². The molecule has 3 rings (SSSR count). The van der Waals surface area contributed by atoms with Crippen molar-refractivity contribution in [1.82, 2.24) is 15.1 Å². The van der Waals surface area contributed by atoms with Crippen molar-refractivity contribution in [3.8, 4) is 0 Å². The van der Waals surface area contributed by atoms with Gasteiger partial charge in [-0.1, -0.05) is 29.3 Å². The Morgan fingerprint density at radius 2 is 1.48 bits per heavy atom. The van der Waals surface area contributed by atoms with E-state index in [2.05, 4.69) is 5.32 Å². The van der Waals surface area contributed by atoms with Crippen LogP contribution in [0.3, 0.4) is 0 Å². The summed E-state index contributed by atoms with van der Waals surface area (Å²) in [6.45, 7) is 3.96. The fourth-order valence-corrected chi connectivity index (χ4v) is 3.88. The maximum Gasteiger partial charge on any atom is 0.257 e. The minimum absolute atomic E-state index is 0. The van der Waals surface area contributed by atoms with E-state index in [1.54, 1.807) is 23.1 Å². The highest BCUT2D eigenvalue weighted by molar-refractivity contribution is 6.39. The number of rotatable bonds is 2. The molecule has 2 saturated heterocycles. The van der Waals surface area contributed by atoms with Crippen LogP contribution >= 0.6 is 35.6 Å². The van der Waals surface area contributed by atoms with E-state index in [9.17, 15) is 9.59 Å². The number of carbonyl (C=O) groups excluding carboxylic acids is 2. The van der Waals surface area contributed by atoms with Gasteiger partial charge < -0.3 is 15.1 Å². The number of hydrogen-bond acceptors (Lipinski definition) is 3. The van der Waals surface area contributed by atoms with Crippen LogP contribution in [0, 0.1) is 5.92 Å². The Kier molecular flexibility index (Phi) is 7.37. The smallest absolute Gasteiger partial charge is 0.257 e. The normalized spacial score (nSPS) is 18.6. The van der Waals surface area contributed by atoms with Crippen molar-refractivity contribution in [3.05, 3.63) is 33.8 Å². The summed E-state index contributed by atoms with van der Waals surface area (Å²) in [4.78, 5) is 28.8. The zero-order valence-corrected chi connectivity index (χ0v) is 16.2. The van der Waals surface area contributed by atoms with E-state index in [-0.39, 0.29) is 30.1 Å². The number of piperidine rings is 1. The lowest BCUT2D eigenvalue weighted by atomic mass is 9.96. The molecule has 138 valence electrons. The first-order valence-corrected chi connectivity index (χ1v) is 9.06. The van der Waals surface area contributed by atoms with Crippen molar-refractivity contribution in [2.24, 2.45) is 5.92 Å². The van der Waals surface area contributed by atoms with Gasteiger partial charge in [-0.3, -0.25) is 9.59 Å². The second kappa shape index (κ2) is 9.08. The van der Waals surface area contributed by atoms with E-state index in [4.69, 9.17) is 23.2 Å². The number of benzene rings is 1. The molecule has 0 bridgehead atoms. The van der Waals surface area contributed by atoms with Gasteiger partial charge in [0.25, 0.3) is 5.91 Å². The lowest BCUT2D eigenvalue weighted by molar-refractivity contribution is -0.137. The highest BCUT2D eigenvalue weighted by Crippen LogP contribution is 2.26. The Morgan fingerprint density at radius 3 is 2.04 bits per heavy atom. The van der Waals surface area contributed by atoms with Crippen LogP contribution in [0.5, 0.6) is 0 Å². The highest BCUT2D eigenvalue weighted by atomic mass is 35.5. The average molecular weight is 407 g/mol. The van der Waals surface area contributed by atoms with Crippen molar-refractivity contribution in [2.75, 3.05) is 39.3 Å². The van der Waals surface area contributed by atoms with Gasteiger partial charge in [0, 0.05) is 32.1 Å². The average Bonchev–Trinajstić information content (AvgIpc) is 2.62. The third-order valence-electron chi connectivity index (χ3n) is 4.74. The van der Waals surface area contributed by atoms with Crippen molar-refractivity contribution in [3.63, 3.8) is 0 Å². The number of halogens is 3. The summed E-state index contributed by atoms with van der Waals surface area (Å²) in [7, 11) is 0. The van der Waals surface area contributed by atoms with E-state index < -0.39 is 0 Å². The number of nitrogens with one attached hydrogen (secondary N) is 1. The maximum atomic E-state index is 12.7. The van der Waals surface area contributed by atoms with Gasteiger partial charge in [-0.2, -0.15) is 0 Å². The van der Waals surface area contributed by atoms with Gasteiger partial charge in [0.05, 0.1) is 15.6 Å². The molecule has 1 aromatic rings. The number of carbonyl (C=O) groups is 2. The summed E-state index contributed by atoms with van der Waals surface area (Å²) in [6, 6.07) is 5.05. The number of piperazine rings is 1.